The summed E-state index contributed by atoms with van der Waals surface area (Å²) in [7, 11) is 1.67. The van der Waals surface area contributed by atoms with Gasteiger partial charge in [-0.05, 0) is 32.7 Å². The van der Waals surface area contributed by atoms with E-state index in [0.29, 0.717) is 19.8 Å². The molecule has 1 aliphatic heterocycles. The number of ether oxygens (including phenoxy) is 3. The van der Waals surface area contributed by atoms with E-state index in [2.05, 4.69) is 4.90 Å². The van der Waals surface area contributed by atoms with Crippen LogP contribution in [-0.4, -0.2) is 64.0 Å². The van der Waals surface area contributed by atoms with Gasteiger partial charge < -0.3 is 19.1 Å². The molecule has 0 aromatic carbocycles. The Morgan fingerprint density at radius 1 is 1.32 bits per heavy atom. The van der Waals surface area contributed by atoms with Crippen LogP contribution in [0.1, 0.15) is 26.2 Å². The summed E-state index contributed by atoms with van der Waals surface area (Å²) in [5.41, 5.74) is 0. The molecule has 19 heavy (non-hydrogen) atoms. The fourth-order valence-corrected chi connectivity index (χ4v) is 2.35. The van der Waals surface area contributed by atoms with Crippen LogP contribution in [0.25, 0.3) is 0 Å². The molecular weight excluding hydrogens is 246 g/mol. The van der Waals surface area contributed by atoms with Crippen molar-refractivity contribution in [1.29, 1.82) is 0 Å². The monoisotopic (exact) mass is 273 g/mol. The Morgan fingerprint density at radius 2 is 2.16 bits per heavy atom. The van der Waals surface area contributed by atoms with Crippen LogP contribution < -0.4 is 0 Å². The minimum absolute atomic E-state index is 0.0384. The lowest BCUT2D eigenvalue weighted by molar-refractivity contribution is -0.149. The number of carbonyl (C=O) groups excluding carboxylic acids is 1. The predicted molar refractivity (Wildman–Crippen MR) is 73.1 cm³/mol. The highest BCUT2D eigenvalue weighted by atomic mass is 16.5. The van der Waals surface area contributed by atoms with Gasteiger partial charge in [-0.15, -0.1) is 0 Å². The highest BCUT2D eigenvalue weighted by Crippen LogP contribution is 2.17. The number of piperidine rings is 1. The van der Waals surface area contributed by atoms with E-state index in [-0.39, 0.29) is 11.9 Å². The molecule has 0 unspecified atom stereocenters. The third kappa shape index (κ3) is 6.89. The molecule has 5 nitrogen and oxygen atoms in total. The maximum atomic E-state index is 11.7. The van der Waals surface area contributed by atoms with Gasteiger partial charge in [-0.25, -0.2) is 0 Å². The average Bonchev–Trinajstić information content (AvgIpc) is 2.43. The zero-order chi connectivity index (χ0) is 13.9. The van der Waals surface area contributed by atoms with Crippen molar-refractivity contribution in [1.82, 2.24) is 4.90 Å². The Balaban J connectivity index is 2.11. The summed E-state index contributed by atoms with van der Waals surface area (Å²) in [5.74, 6) is 0.0201. The Morgan fingerprint density at radius 3 is 2.89 bits per heavy atom. The molecule has 1 saturated heterocycles. The second kappa shape index (κ2) is 10.2. The Hall–Kier alpha value is -0.650. The molecule has 112 valence electrons. The fraction of sp³-hybridized carbons (Fsp3) is 0.929. The molecule has 0 aliphatic carbocycles. The number of likely N-dealkylation sites (tertiary alicyclic amines) is 1. The predicted octanol–water partition coefficient (Wildman–Crippen LogP) is 1.31. The van der Waals surface area contributed by atoms with Gasteiger partial charge in [0.1, 0.15) is 0 Å². The minimum Gasteiger partial charge on any atom is -0.466 e. The number of carbonyl (C=O) groups is 1. The zero-order valence-corrected chi connectivity index (χ0v) is 12.2. The van der Waals surface area contributed by atoms with Gasteiger partial charge in [0.15, 0.2) is 0 Å². The van der Waals surface area contributed by atoms with Gasteiger partial charge in [0.25, 0.3) is 0 Å². The molecule has 0 spiro atoms. The second-order valence-corrected chi connectivity index (χ2v) is 4.85. The summed E-state index contributed by atoms with van der Waals surface area (Å²) >= 11 is 0. The van der Waals surface area contributed by atoms with Gasteiger partial charge >= 0.3 is 5.97 Å². The van der Waals surface area contributed by atoms with E-state index in [9.17, 15) is 4.79 Å². The second-order valence-electron chi connectivity index (χ2n) is 4.85. The maximum absolute atomic E-state index is 11.7. The molecular formula is C14H27NO4. The molecule has 0 N–H and O–H groups in total. The van der Waals surface area contributed by atoms with Gasteiger partial charge in [-0.3, -0.25) is 4.79 Å². The van der Waals surface area contributed by atoms with Crippen LogP contribution in [0.2, 0.25) is 0 Å². The molecule has 1 fully saturated rings. The normalized spacial score (nSPS) is 20.4. The molecule has 0 radical (unpaired) electrons. The molecule has 5 heteroatoms. The number of hydrogen-bond acceptors (Lipinski definition) is 5. The highest BCUT2D eigenvalue weighted by molar-refractivity contribution is 5.72. The number of hydrogen-bond donors (Lipinski definition) is 0. The molecule has 1 rings (SSSR count). The van der Waals surface area contributed by atoms with Crippen LogP contribution in [0.5, 0.6) is 0 Å². The van der Waals surface area contributed by atoms with E-state index < -0.39 is 0 Å². The van der Waals surface area contributed by atoms with Crippen molar-refractivity contribution < 1.29 is 19.0 Å². The maximum Gasteiger partial charge on any atom is 0.310 e. The first-order valence-corrected chi connectivity index (χ1v) is 7.23. The number of nitrogens with zero attached hydrogens (tertiary/aromatic N) is 1. The number of methoxy groups -OCH3 is 1. The third-order valence-electron chi connectivity index (χ3n) is 3.32. The van der Waals surface area contributed by atoms with E-state index in [1.807, 2.05) is 6.92 Å². The van der Waals surface area contributed by atoms with E-state index in [1.54, 1.807) is 7.11 Å². The average molecular weight is 273 g/mol. The smallest absolute Gasteiger partial charge is 0.310 e. The van der Waals surface area contributed by atoms with E-state index >= 15 is 0 Å². The van der Waals surface area contributed by atoms with Crippen LogP contribution in [-0.2, 0) is 19.0 Å². The van der Waals surface area contributed by atoms with Crippen molar-refractivity contribution >= 4 is 5.97 Å². The lowest BCUT2D eigenvalue weighted by Gasteiger charge is -2.31. The van der Waals surface area contributed by atoms with Gasteiger partial charge in [0.05, 0.1) is 25.7 Å². The van der Waals surface area contributed by atoms with E-state index in [4.69, 9.17) is 14.2 Å². The summed E-state index contributed by atoms with van der Waals surface area (Å²) in [4.78, 5) is 14.0. The van der Waals surface area contributed by atoms with Gasteiger partial charge in [-0.2, -0.15) is 0 Å². The molecule has 1 heterocycles. The first-order valence-electron chi connectivity index (χ1n) is 7.23. The van der Waals surface area contributed by atoms with Crippen molar-refractivity contribution in [2.24, 2.45) is 5.92 Å². The molecule has 0 aromatic heterocycles. The van der Waals surface area contributed by atoms with Crippen LogP contribution in [0.3, 0.4) is 0 Å². The minimum atomic E-state index is -0.0384. The van der Waals surface area contributed by atoms with Crippen LogP contribution >= 0.6 is 0 Å². The molecule has 0 aromatic rings. The zero-order valence-electron chi connectivity index (χ0n) is 12.2. The Labute approximate surface area is 116 Å². The Bertz CT molecular complexity index is 248. The van der Waals surface area contributed by atoms with Crippen molar-refractivity contribution in [2.45, 2.75) is 26.2 Å². The first-order chi connectivity index (χ1) is 9.27. The van der Waals surface area contributed by atoms with Gasteiger partial charge in [0.2, 0.25) is 0 Å². The van der Waals surface area contributed by atoms with Crippen LogP contribution in [0.15, 0.2) is 0 Å². The van der Waals surface area contributed by atoms with Crippen molar-refractivity contribution in [3.8, 4) is 0 Å². The van der Waals surface area contributed by atoms with Crippen LogP contribution in [0, 0.1) is 5.92 Å². The first kappa shape index (κ1) is 16.4. The lowest BCUT2D eigenvalue weighted by Crippen LogP contribution is -2.40. The number of esters is 1. The quantitative estimate of drug-likeness (QED) is 0.468. The van der Waals surface area contributed by atoms with Gasteiger partial charge in [-0.1, -0.05) is 0 Å². The molecule has 1 atom stereocenters. The summed E-state index contributed by atoms with van der Waals surface area (Å²) in [6, 6.07) is 0. The molecule has 0 bridgehead atoms. The highest BCUT2D eigenvalue weighted by Gasteiger charge is 2.26. The molecule has 0 saturated carbocycles. The van der Waals surface area contributed by atoms with Crippen molar-refractivity contribution in [3.05, 3.63) is 0 Å². The van der Waals surface area contributed by atoms with Crippen molar-refractivity contribution in [3.63, 3.8) is 0 Å². The molecule has 1 aliphatic rings. The summed E-state index contributed by atoms with van der Waals surface area (Å²) in [5, 5.41) is 0. The molecule has 0 amide bonds. The topological polar surface area (TPSA) is 48.0 Å². The largest absolute Gasteiger partial charge is 0.466 e. The van der Waals surface area contributed by atoms with E-state index in [0.717, 1.165) is 45.5 Å². The summed E-state index contributed by atoms with van der Waals surface area (Å²) < 4.78 is 15.4. The fourth-order valence-electron chi connectivity index (χ4n) is 2.35. The Kier molecular flexibility index (Phi) is 8.79. The SMILES string of the molecule is CCOC(=O)[C@@H]1CCCN(CCCOCCOC)C1. The summed E-state index contributed by atoms with van der Waals surface area (Å²) in [6.45, 7) is 7.28. The van der Waals surface area contributed by atoms with Gasteiger partial charge in [0, 0.05) is 26.8 Å². The van der Waals surface area contributed by atoms with E-state index in [1.165, 1.54) is 0 Å². The lowest BCUT2D eigenvalue weighted by atomic mass is 9.98. The standard InChI is InChI=1S/C14H27NO4/c1-3-19-14(16)13-6-4-7-15(12-13)8-5-9-18-11-10-17-2/h13H,3-12H2,1-2H3/t13-/m1/s1. The number of rotatable bonds is 9. The van der Waals surface area contributed by atoms with Crippen LogP contribution in [0.4, 0.5) is 0 Å². The van der Waals surface area contributed by atoms with Crippen molar-refractivity contribution in [2.75, 3.05) is 53.2 Å². The third-order valence-corrected chi connectivity index (χ3v) is 3.32. The summed E-state index contributed by atoms with van der Waals surface area (Å²) in [6.07, 6.45) is 3.03.